The van der Waals surface area contributed by atoms with Gasteiger partial charge in [0.25, 0.3) is 0 Å². The van der Waals surface area contributed by atoms with Crippen LogP contribution in [0.2, 0.25) is 0 Å². The molecule has 0 aliphatic rings. The summed E-state index contributed by atoms with van der Waals surface area (Å²) >= 11 is 0.300. The van der Waals surface area contributed by atoms with E-state index in [-0.39, 0.29) is 10.8 Å². The number of rotatable bonds is 8. The molecule has 0 saturated heterocycles. The van der Waals surface area contributed by atoms with E-state index in [0.717, 1.165) is 25.7 Å². The Morgan fingerprint density at radius 3 is 1.44 bits per heavy atom. The molecule has 3 aromatic carbocycles. The summed E-state index contributed by atoms with van der Waals surface area (Å²) in [5, 5.41) is 16.1. The third-order valence-electron chi connectivity index (χ3n) is 6.17. The van der Waals surface area contributed by atoms with Gasteiger partial charge in [0.05, 0.1) is 0 Å². The van der Waals surface area contributed by atoms with Crippen molar-refractivity contribution in [3.8, 4) is 0 Å². The Hall–Kier alpha value is -1.74. The molecule has 0 spiro atoms. The maximum absolute atomic E-state index is 8.34. The van der Waals surface area contributed by atoms with Crippen LogP contribution < -0.4 is 0 Å². The topological polar surface area (TPSA) is 57.5 Å². The molecule has 2 N–H and O–H groups in total. The molecule has 196 valence electrons. The Labute approximate surface area is 235 Å². The molecule has 0 aliphatic carbocycles. The van der Waals surface area contributed by atoms with E-state index in [1.807, 2.05) is 6.07 Å². The Morgan fingerprint density at radius 2 is 1.08 bits per heavy atom. The molecule has 3 aromatic rings. The van der Waals surface area contributed by atoms with E-state index < -0.39 is 0 Å². The first-order chi connectivity index (χ1) is 17.3. The van der Waals surface area contributed by atoms with Gasteiger partial charge in [-0.2, -0.15) is 24.3 Å². The fraction of sp³-hybridized carbons (Fsp3) is 0.438. The van der Waals surface area contributed by atoms with Crippen molar-refractivity contribution in [1.82, 2.24) is 0 Å². The van der Waals surface area contributed by atoms with E-state index in [1.54, 1.807) is 0 Å². The first-order valence-electron chi connectivity index (χ1n) is 12.8. The third kappa shape index (κ3) is 11.1. The molecule has 0 aliphatic heterocycles. The summed E-state index contributed by atoms with van der Waals surface area (Å²) in [6.45, 7) is 14.0. The molecule has 0 saturated carbocycles. The molecule has 0 bridgehead atoms. The molecule has 4 heteroatoms. The van der Waals surface area contributed by atoms with Gasteiger partial charge in [0, 0.05) is 13.2 Å². The standard InChI is InChI=1S/C24H25.2C4H10O.O.Zr/c1-23(2,19-13-7-5-8-14-19)21-17-11-12-18-22(21)24(3,4)20-15-9-6-10-16-20;2*1-2-3-4-5;;/h5-17H,1-4H3;2*5H,2-4H2,1H3;;/q-1;;;;. The van der Waals surface area contributed by atoms with E-state index in [0.29, 0.717) is 37.9 Å². The SMILES string of the molecule is CC(C)(c1ccccc1)c1[c-]cccc1C(C)(C)c1ccccc1.CCCCO.CCCCO.[O]=[Zr]. The fourth-order valence-electron chi connectivity index (χ4n) is 3.80. The molecule has 3 rings (SSSR count). The summed E-state index contributed by atoms with van der Waals surface area (Å²) in [6, 6.07) is 31.4. The van der Waals surface area contributed by atoms with Crippen molar-refractivity contribution in [3.63, 3.8) is 0 Å². The molecule has 0 amide bonds. The van der Waals surface area contributed by atoms with Crippen molar-refractivity contribution in [3.05, 3.63) is 107 Å². The number of hydrogen-bond acceptors (Lipinski definition) is 3. The van der Waals surface area contributed by atoms with Crippen LogP contribution in [0, 0.1) is 6.07 Å². The Bertz CT molecular complexity index is 844. The summed E-state index contributed by atoms with van der Waals surface area (Å²) in [6.07, 6.45) is 4.08. The molecular weight excluding hydrogens is 524 g/mol. The van der Waals surface area contributed by atoms with Crippen LogP contribution in [0.3, 0.4) is 0 Å². The minimum absolute atomic E-state index is 0.0690. The average Bonchev–Trinajstić information content (AvgIpc) is 2.92. The molecule has 36 heavy (non-hydrogen) atoms. The van der Waals surface area contributed by atoms with Crippen molar-refractivity contribution < 1.29 is 37.7 Å². The first-order valence-corrected chi connectivity index (χ1v) is 13.8. The van der Waals surface area contributed by atoms with Gasteiger partial charge in [-0.1, -0.05) is 115 Å². The Kier molecular flexibility index (Phi) is 18.4. The zero-order chi connectivity index (χ0) is 27.5. The van der Waals surface area contributed by atoms with Crippen LogP contribution >= 0.6 is 0 Å². The van der Waals surface area contributed by atoms with E-state index in [9.17, 15) is 0 Å². The van der Waals surface area contributed by atoms with Gasteiger partial charge in [0.1, 0.15) is 0 Å². The number of aliphatic hydroxyl groups excluding tert-OH is 2. The predicted octanol–water partition coefficient (Wildman–Crippen LogP) is 7.57. The number of unbranched alkanes of at least 4 members (excludes halogenated alkanes) is 2. The van der Waals surface area contributed by atoms with E-state index in [2.05, 4.69) is 120 Å². The van der Waals surface area contributed by atoms with Crippen LogP contribution in [-0.2, 0) is 38.4 Å². The van der Waals surface area contributed by atoms with Crippen molar-refractivity contribution in [1.29, 1.82) is 0 Å². The Morgan fingerprint density at radius 1 is 0.667 bits per heavy atom. The second-order valence-electron chi connectivity index (χ2n) is 9.60. The number of hydrogen-bond donors (Lipinski definition) is 2. The van der Waals surface area contributed by atoms with Crippen molar-refractivity contribution in [2.24, 2.45) is 0 Å². The van der Waals surface area contributed by atoms with Crippen molar-refractivity contribution in [2.45, 2.75) is 78.1 Å². The summed E-state index contributed by atoms with van der Waals surface area (Å²) in [7, 11) is 0. The maximum atomic E-state index is 8.34. The molecule has 0 radical (unpaired) electrons. The van der Waals surface area contributed by atoms with Gasteiger partial charge in [0.15, 0.2) is 0 Å². The molecular formula is C32H45O3Zr-. The van der Waals surface area contributed by atoms with E-state index in [4.69, 9.17) is 13.0 Å². The third-order valence-corrected chi connectivity index (χ3v) is 6.17. The number of benzene rings is 3. The molecule has 3 nitrogen and oxygen atoms in total. The summed E-state index contributed by atoms with van der Waals surface area (Å²) in [4.78, 5) is 0. The number of aliphatic hydroxyl groups is 2. The monoisotopic (exact) mass is 567 g/mol. The van der Waals surface area contributed by atoms with Crippen LogP contribution in [-0.4, -0.2) is 23.4 Å². The summed E-state index contributed by atoms with van der Waals surface area (Å²) in [5.41, 5.74) is 5.09. The van der Waals surface area contributed by atoms with Gasteiger partial charge in [-0.25, -0.2) is 0 Å². The average molecular weight is 569 g/mol. The minimum atomic E-state index is -0.0933. The van der Waals surface area contributed by atoms with Crippen molar-refractivity contribution in [2.75, 3.05) is 13.2 Å². The fourth-order valence-corrected chi connectivity index (χ4v) is 3.80. The zero-order valence-corrected chi connectivity index (χ0v) is 25.5. The van der Waals surface area contributed by atoms with Gasteiger partial charge in [-0.05, 0) is 34.8 Å². The second kappa shape index (κ2) is 19.4. The molecule has 0 unspecified atom stereocenters. The van der Waals surface area contributed by atoms with Gasteiger partial charge in [0.2, 0.25) is 0 Å². The quantitative estimate of drug-likeness (QED) is 0.276. The molecule has 0 heterocycles. The van der Waals surface area contributed by atoms with Crippen molar-refractivity contribution >= 4 is 0 Å². The normalized spacial score (nSPS) is 10.5. The van der Waals surface area contributed by atoms with Gasteiger partial charge >= 0.3 is 27.5 Å². The summed E-state index contributed by atoms with van der Waals surface area (Å²) in [5.74, 6) is 0. The van der Waals surface area contributed by atoms with Gasteiger partial charge < -0.3 is 10.2 Å². The molecule has 0 aromatic heterocycles. The Balaban J connectivity index is 0.000000859. The predicted molar refractivity (Wildman–Crippen MR) is 147 cm³/mol. The van der Waals surface area contributed by atoms with E-state index in [1.165, 1.54) is 22.3 Å². The second-order valence-corrected chi connectivity index (χ2v) is 9.60. The van der Waals surface area contributed by atoms with Crippen LogP contribution in [0.4, 0.5) is 0 Å². The van der Waals surface area contributed by atoms with Gasteiger partial charge in [-0.15, -0.1) is 11.1 Å². The first kappa shape index (κ1) is 34.3. The van der Waals surface area contributed by atoms with E-state index >= 15 is 0 Å². The van der Waals surface area contributed by atoms with Gasteiger partial charge in [-0.3, -0.25) is 0 Å². The van der Waals surface area contributed by atoms with Crippen LogP contribution in [0.1, 0.15) is 89.5 Å². The van der Waals surface area contributed by atoms with Crippen LogP contribution in [0.15, 0.2) is 78.9 Å². The van der Waals surface area contributed by atoms with Crippen LogP contribution in [0.5, 0.6) is 0 Å². The molecule has 0 atom stereocenters. The van der Waals surface area contributed by atoms with Crippen LogP contribution in [0.25, 0.3) is 0 Å². The molecule has 0 fully saturated rings. The summed E-state index contributed by atoms with van der Waals surface area (Å²) < 4.78 is 8.34. The zero-order valence-electron chi connectivity index (χ0n) is 23.1.